The van der Waals surface area contributed by atoms with Crippen molar-refractivity contribution < 1.29 is 4.39 Å². The zero-order valence-electron chi connectivity index (χ0n) is 11.1. The van der Waals surface area contributed by atoms with Crippen LogP contribution in [0, 0.1) is 12.7 Å². The highest BCUT2D eigenvalue weighted by Gasteiger charge is 2.20. The molecule has 0 saturated carbocycles. The van der Waals surface area contributed by atoms with Crippen molar-refractivity contribution in [3.8, 4) is 0 Å². The standard InChI is InChI=1S/C16H18FNS/c1-11-9-12(5-6-14(11)17)10-18-15-3-2-4-16-13(15)7-8-19-16/h5-9,15,18H,2-4,10H2,1H3. The third kappa shape index (κ3) is 2.72. The van der Waals surface area contributed by atoms with Crippen LogP contribution in [0.2, 0.25) is 0 Å². The fourth-order valence-corrected chi connectivity index (χ4v) is 3.74. The topological polar surface area (TPSA) is 12.0 Å². The van der Waals surface area contributed by atoms with E-state index >= 15 is 0 Å². The molecule has 1 aromatic carbocycles. The summed E-state index contributed by atoms with van der Waals surface area (Å²) in [6.07, 6.45) is 3.68. The first-order valence-electron chi connectivity index (χ1n) is 6.79. The number of hydrogen-bond donors (Lipinski definition) is 1. The van der Waals surface area contributed by atoms with Crippen molar-refractivity contribution in [2.45, 2.75) is 38.8 Å². The van der Waals surface area contributed by atoms with Crippen molar-refractivity contribution in [1.29, 1.82) is 0 Å². The molecule has 1 aromatic heterocycles. The van der Waals surface area contributed by atoms with Gasteiger partial charge in [-0.25, -0.2) is 4.39 Å². The van der Waals surface area contributed by atoms with E-state index in [-0.39, 0.29) is 5.82 Å². The second-order valence-corrected chi connectivity index (χ2v) is 6.21. The fraction of sp³-hybridized carbons (Fsp3) is 0.375. The summed E-state index contributed by atoms with van der Waals surface area (Å²) in [6.45, 7) is 2.62. The number of halogens is 1. The van der Waals surface area contributed by atoms with Gasteiger partial charge in [0, 0.05) is 17.5 Å². The molecule has 1 heterocycles. The molecule has 100 valence electrons. The molecule has 0 radical (unpaired) electrons. The number of hydrogen-bond acceptors (Lipinski definition) is 2. The predicted octanol–water partition coefficient (Wildman–Crippen LogP) is 4.36. The van der Waals surface area contributed by atoms with Crippen molar-refractivity contribution in [2.24, 2.45) is 0 Å². The third-order valence-electron chi connectivity index (χ3n) is 3.83. The molecule has 19 heavy (non-hydrogen) atoms. The highest BCUT2D eigenvalue weighted by Crippen LogP contribution is 2.33. The molecule has 0 fully saturated rings. The molecule has 3 rings (SSSR count). The Hall–Kier alpha value is -1.19. The van der Waals surface area contributed by atoms with Gasteiger partial charge in [-0.1, -0.05) is 12.1 Å². The molecule has 0 aliphatic heterocycles. The lowest BCUT2D eigenvalue weighted by Gasteiger charge is -2.24. The van der Waals surface area contributed by atoms with Crippen LogP contribution in [0.4, 0.5) is 4.39 Å². The Kier molecular flexibility index (Phi) is 3.67. The van der Waals surface area contributed by atoms with Crippen molar-refractivity contribution in [1.82, 2.24) is 5.32 Å². The number of thiophene rings is 1. The fourth-order valence-electron chi connectivity index (χ4n) is 2.76. The van der Waals surface area contributed by atoms with Gasteiger partial charge in [0.2, 0.25) is 0 Å². The Morgan fingerprint density at radius 1 is 1.37 bits per heavy atom. The van der Waals surface area contributed by atoms with Crippen LogP contribution < -0.4 is 5.32 Å². The molecule has 0 amide bonds. The maximum Gasteiger partial charge on any atom is 0.126 e. The minimum atomic E-state index is -0.124. The van der Waals surface area contributed by atoms with Crippen LogP contribution in [0.1, 0.15) is 40.5 Å². The summed E-state index contributed by atoms with van der Waals surface area (Å²) in [5, 5.41) is 5.80. The third-order valence-corrected chi connectivity index (χ3v) is 4.82. The minimum absolute atomic E-state index is 0.124. The molecule has 0 saturated heterocycles. The molecule has 2 aromatic rings. The summed E-state index contributed by atoms with van der Waals surface area (Å²) >= 11 is 1.87. The summed E-state index contributed by atoms with van der Waals surface area (Å²) in [4.78, 5) is 1.53. The van der Waals surface area contributed by atoms with E-state index in [4.69, 9.17) is 0 Å². The van der Waals surface area contributed by atoms with Gasteiger partial charge in [-0.15, -0.1) is 11.3 Å². The number of aryl methyl sites for hydroxylation is 2. The average Bonchev–Trinajstić information content (AvgIpc) is 2.89. The molecule has 1 N–H and O–H groups in total. The lowest BCUT2D eigenvalue weighted by atomic mass is 9.94. The van der Waals surface area contributed by atoms with Gasteiger partial charge in [-0.2, -0.15) is 0 Å². The molecule has 0 bridgehead atoms. The van der Waals surface area contributed by atoms with E-state index in [9.17, 15) is 4.39 Å². The second-order valence-electron chi connectivity index (χ2n) is 5.21. The van der Waals surface area contributed by atoms with Crippen LogP contribution >= 0.6 is 11.3 Å². The maximum absolute atomic E-state index is 13.2. The SMILES string of the molecule is Cc1cc(CNC2CCCc3sccc32)ccc1F. The van der Waals surface area contributed by atoms with E-state index in [1.54, 1.807) is 6.07 Å². The van der Waals surface area contributed by atoms with E-state index in [0.29, 0.717) is 6.04 Å². The van der Waals surface area contributed by atoms with E-state index < -0.39 is 0 Å². The number of rotatable bonds is 3. The zero-order valence-corrected chi connectivity index (χ0v) is 11.9. The average molecular weight is 275 g/mol. The Labute approximate surface area is 117 Å². The quantitative estimate of drug-likeness (QED) is 0.877. The Morgan fingerprint density at radius 2 is 2.26 bits per heavy atom. The van der Waals surface area contributed by atoms with Gasteiger partial charge in [-0.3, -0.25) is 0 Å². The van der Waals surface area contributed by atoms with Crippen molar-refractivity contribution in [2.75, 3.05) is 0 Å². The van der Waals surface area contributed by atoms with E-state index in [2.05, 4.69) is 16.8 Å². The maximum atomic E-state index is 13.2. The lowest BCUT2D eigenvalue weighted by Crippen LogP contribution is -2.23. The van der Waals surface area contributed by atoms with Gasteiger partial charge in [0.25, 0.3) is 0 Å². The molecule has 0 spiro atoms. The summed E-state index contributed by atoms with van der Waals surface area (Å²) in [6, 6.07) is 8.06. The summed E-state index contributed by atoms with van der Waals surface area (Å²) in [7, 11) is 0. The van der Waals surface area contributed by atoms with Crippen LogP contribution in [0.25, 0.3) is 0 Å². The number of benzene rings is 1. The first-order chi connectivity index (χ1) is 9.24. The molecule has 3 heteroatoms. The van der Waals surface area contributed by atoms with E-state index in [0.717, 1.165) is 17.7 Å². The molecule has 1 aliphatic rings. The minimum Gasteiger partial charge on any atom is -0.306 e. The Bertz CT molecular complexity index is 576. The highest BCUT2D eigenvalue weighted by molar-refractivity contribution is 7.10. The van der Waals surface area contributed by atoms with Crippen LogP contribution in [0.3, 0.4) is 0 Å². The molecule has 1 nitrogen and oxygen atoms in total. The molecular weight excluding hydrogens is 257 g/mol. The van der Waals surface area contributed by atoms with Crippen LogP contribution in [0.5, 0.6) is 0 Å². The van der Waals surface area contributed by atoms with Crippen molar-refractivity contribution in [3.05, 3.63) is 57.0 Å². The zero-order chi connectivity index (χ0) is 13.2. The molecular formula is C16H18FNS. The van der Waals surface area contributed by atoms with Crippen LogP contribution in [-0.2, 0) is 13.0 Å². The molecule has 1 atom stereocenters. The molecule has 1 unspecified atom stereocenters. The monoisotopic (exact) mass is 275 g/mol. The Balaban J connectivity index is 1.69. The highest BCUT2D eigenvalue weighted by atomic mass is 32.1. The van der Waals surface area contributed by atoms with Gasteiger partial charge in [0.1, 0.15) is 5.82 Å². The van der Waals surface area contributed by atoms with Gasteiger partial charge < -0.3 is 5.32 Å². The van der Waals surface area contributed by atoms with Crippen molar-refractivity contribution >= 4 is 11.3 Å². The van der Waals surface area contributed by atoms with Crippen LogP contribution in [0.15, 0.2) is 29.6 Å². The van der Waals surface area contributed by atoms with E-state index in [1.165, 1.54) is 29.7 Å². The summed E-state index contributed by atoms with van der Waals surface area (Å²) < 4.78 is 13.2. The van der Waals surface area contributed by atoms with Gasteiger partial charge in [0.15, 0.2) is 0 Å². The van der Waals surface area contributed by atoms with Gasteiger partial charge in [-0.05, 0) is 60.4 Å². The number of nitrogens with one attached hydrogen (secondary N) is 1. The largest absolute Gasteiger partial charge is 0.306 e. The summed E-state index contributed by atoms with van der Waals surface area (Å²) in [5.41, 5.74) is 3.34. The number of fused-ring (bicyclic) bond motifs is 1. The Morgan fingerprint density at radius 3 is 3.11 bits per heavy atom. The van der Waals surface area contributed by atoms with E-state index in [1.807, 2.05) is 30.4 Å². The smallest absolute Gasteiger partial charge is 0.126 e. The molecule has 1 aliphatic carbocycles. The van der Waals surface area contributed by atoms with Gasteiger partial charge in [0.05, 0.1) is 0 Å². The first-order valence-corrected chi connectivity index (χ1v) is 7.66. The summed E-state index contributed by atoms with van der Waals surface area (Å²) in [5.74, 6) is -0.124. The normalized spacial score (nSPS) is 18.3. The lowest BCUT2D eigenvalue weighted by molar-refractivity contribution is 0.463. The van der Waals surface area contributed by atoms with Crippen LogP contribution in [-0.4, -0.2) is 0 Å². The second kappa shape index (κ2) is 5.43. The first kappa shape index (κ1) is 12.8. The van der Waals surface area contributed by atoms with Gasteiger partial charge >= 0.3 is 0 Å². The van der Waals surface area contributed by atoms with Crippen molar-refractivity contribution in [3.63, 3.8) is 0 Å². The predicted molar refractivity (Wildman–Crippen MR) is 78.0 cm³/mol.